The molecular weight excluding hydrogens is 286 g/mol. The van der Waals surface area contributed by atoms with Gasteiger partial charge in [0.2, 0.25) is 0 Å². The molecule has 1 aromatic rings. The Hall–Kier alpha value is -0.840. The zero-order valence-electron chi connectivity index (χ0n) is 12.2. The van der Waals surface area contributed by atoms with Crippen LogP contribution in [0.2, 0.25) is 5.02 Å². The number of anilines is 1. The molecule has 1 aliphatic heterocycles. The van der Waals surface area contributed by atoms with Crippen molar-refractivity contribution in [2.45, 2.75) is 56.8 Å². The third kappa shape index (κ3) is 2.89. The van der Waals surface area contributed by atoms with E-state index in [0.717, 1.165) is 36.1 Å². The average molecular weight is 308 g/mol. The molecule has 2 saturated carbocycles. The second-order valence-corrected chi connectivity index (χ2v) is 6.80. The zero-order chi connectivity index (χ0) is 14.2. The Morgan fingerprint density at radius 2 is 2.24 bits per heavy atom. The highest BCUT2D eigenvalue weighted by atomic mass is 35.5. The first-order valence-corrected chi connectivity index (χ1v) is 8.45. The molecule has 2 heterocycles. The van der Waals surface area contributed by atoms with Crippen molar-refractivity contribution < 1.29 is 4.74 Å². The largest absolute Gasteiger partial charge is 0.374 e. The maximum Gasteiger partial charge on any atom is 0.129 e. The maximum absolute atomic E-state index is 6.30. The fourth-order valence-corrected chi connectivity index (χ4v) is 3.68. The van der Waals surface area contributed by atoms with Crippen molar-refractivity contribution in [3.8, 4) is 0 Å². The third-order valence-electron chi connectivity index (χ3n) is 4.86. The van der Waals surface area contributed by atoms with Gasteiger partial charge in [0.05, 0.1) is 23.8 Å². The highest BCUT2D eigenvalue weighted by Gasteiger charge is 2.36. The smallest absolute Gasteiger partial charge is 0.129 e. The van der Waals surface area contributed by atoms with E-state index >= 15 is 0 Å². The molecule has 3 aliphatic rings. The summed E-state index contributed by atoms with van der Waals surface area (Å²) < 4.78 is 5.89. The summed E-state index contributed by atoms with van der Waals surface area (Å²) in [6.45, 7) is 2.59. The van der Waals surface area contributed by atoms with Crippen molar-refractivity contribution in [2.75, 3.05) is 18.1 Å². The van der Waals surface area contributed by atoms with Gasteiger partial charge >= 0.3 is 0 Å². The molecule has 0 bridgehead atoms. The van der Waals surface area contributed by atoms with Crippen LogP contribution in [0.3, 0.4) is 0 Å². The number of nitrogens with zero attached hydrogens (tertiary/aromatic N) is 2. The molecule has 2 aliphatic carbocycles. The zero-order valence-corrected chi connectivity index (χ0v) is 13.0. The highest BCUT2D eigenvalue weighted by molar-refractivity contribution is 6.31. The van der Waals surface area contributed by atoms with Crippen molar-refractivity contribution in [1.82, 2.24) is 10.3 Å². The molecule has 5 heteroatoms. The lowest BCUT2D eigenvalue weighted by atomic mass is 10.1. The van der Waals surface area contributed by atoms with Gasteiger partial charge in [-0.15, -0.1) is 0 Å². The predicted molar refractivity (Wildman–Crippen MR) is 83.8 cm³/mol. The van der Waals surface area contributed by atoms with Gasteiger partial charge in [-0.1, -0.05) is 11.6 Å². The molecule has 1 N–H and O–H groups in total. The summed E-state index contributed by atoms with van der Waals surface area (Å²) in [4.78, 5) is 7.01. The molecule has 114 valence electrons. The van der Waals surface area contributed by atoms with E-state index in [0.29, 0.717) is 18.2 Å². The summed E-state index contributed by atoms with van der Waals surface area (Å²) in [5, 5.41) is 4.30. The van der Waals surface area contributed by atoms with E-state index in [9.17, 15) is 0 Å². The molecule has 21 heavy (non-hydrogen) atoms. The molecule has 0 radical (unpaired) electrons. The summed E-state index contributed by atoms with van der Waals surface area (Å²) in [5.74, 6) is 1.06. The van der Waals surface area contributed by atoms with Gasteiger partial charge in [-0.3, -0.25) is 0 Å². The van der Waals surface area contributed by atoms with Crippen molar-refractivity contribution in [3.05, 3.63) is 22.8 Å². The molecule has 4 nitrogen and oxygen atoms in total. The second-order valence-electron chi connectivity index (χ2n) is 6.39. The molecule has 1 saturated heterocycles. The number of hydrogen-bond donors (Lipinski definition) is 1. The molecule has 3 fully saturated rings. The summed E-state index contributed by atoms with van der Waals surface area (Å²) in [5.41, 5.74) is 1.16. The molecule has 0 spiro atoms. The molecule has 1 aromatic heterocycles. The Balaban J connectivity index is 1.54. The van der Waals surface area contributed by atoms with Gasteiger partial charge in [0.15, 0.2) is 0 Å². The van der Waals surface area contributed by atoms with Gasteiger partial charge in [0.25, 0.3) is 0 Å². The number of morpholine rings is 1. The minimum atomic E-state index is 0.393. The van der Waals surface area contributed by atoms with E-state index in [1.165, 1.54) is 32.1 Å². The first-order valence-electron chi connectivity index (χ1n) is 8.07. The van der Waals surface area contributed by atoms with E-state index in [1.54, 1.807) is 6.20 Å². The van der Waals surface area contributed by atoms with Gasteiger partial charge in [0.1, 0.15) is 5.82 Å². The third-order valence-corrected chi connectivity index (χ3v) is 5.20. The van der Waals surface area contributed by atoms with Crippen LogP contribution in [0.25, 0.3) is 0 Å². The number of pyridine rings is 1. The fourth-order valence-electron chi connectivity index (χ4n) is 3.51. The van der Waals surface area contributed by atoms with Crippen LogP contribution in [0.15, 0.2) is 12.3 Å². The van der Waals surface area contributed by atoms with E-state index in [1.807, 2.05) is 0 Å². The number of fused-ring (bicyclic) bond motifs is 1. The summed E-state index contributed by atoms with van der Waals surface area (Å²) in [6, 6.07) is 3.36. The van der Waals surface area contributed by atoms with Crippen LogP contribution in [-0.2, 0) is 11.3 Å². The van der Waals surface area contributed by atoms with Gasteiger partial charge in [0, 0.05) is 25.3 Å². The minimum absolute atomic E-state index is 0.393. The molecule has 2 atom stereocenters. The van der Waals surface area contributed by atoms with Gasteiger partial charge < -0.3 is 15.0 Å². The standard InChI is InChI=1S/C16H22ClN3O/c17-13-10-19-16(8-11(13)9-18-12-4-5-12)20-6-7-21-15-3-1-2-14(15)20/h8,10,12,14-15,18H,1-7,9H2. The number of hydrogen-bond acceptors (Lipinski definition) is 4. The SMILES string of the molecule is Clc1cnc(N2CCOC3CCCC32)cc1CNC1CC1. The minimum Gasteiger partial charge on any atom is -0.374 e. The maximum atomic E-state index is 6.30. The first kappa shape index (κ1) is 13.8. The predicted octanol–water partition coefficient (Wildman–Crippen LogP) is 2.74. The van der Waals surface area contributed by atoms with Crippen molar-refractivity contribution in [1.29, 1.82) is 0 Å². The number of aromatic nitrogens is 1. The summed E-state index contributed by atoms with van der Waals surface area (Å²) in [7, 11) is 0. The number of nitrogens with one attached hydrogen (secondary N) is 1. The van der Waals surface area contributed by atoms with Crippen LogP contribution in [0.5, 0.6) is 0 Å². The Morgan fingerprint density at radius 1 is 1.33 bits per heavy atom. The molecule has 0 amide bonds. The van der Waals surface area contributed by atoms with E-state index in [-0.39, 0.29) is 0 Å². The molecule has 4 rings (SSSR count). The Bertz CT molecular complexity index is 520. The Labute approximate surface area is 130 Å². The van der Waals surface area contributed by atoms with Crippen LogP contribution in [0.1, 0.15) is 37.7 Å². The van der Waals surface area contributed by atoms with Gasteiger partial charge in [-0.05, 0) is 43.7 Å². The monoisotopic (exact) mass is 307 g/mol. The molecular formula is C16H22ClN3O. The van der Waals surface area contributed by atoms with Crippen LogP contribution < -0.4 is 10.2 Å². The van der Waals surface area contributed by atoms with E-state index < -0.39 is 0 Å². The number of ether oxygens (including phenoxy) is 1. The Kier molecular flexibility index (Phi) is 3.78. The van der Waals surface area contributed by atoms with Crippen molar-refractivity contribution >= 4 is 17.4 Å². The Morgan fingerprint density at radius 3 is 3.10 bits per heavy atom. The van der Waals surface area contributed by atoms with Crippen molar-refractivity contribution in [2.24, 2.45) is 0 Å². The quantitative estimate of drug-likeness (QED) is 0.928. The molecule has 2 unspecified atom stereocenters. The lowest BCUT2D eigenvalue weighted by Gasteiger charge is -2.38. The average Bonchev–Trinajstić information content (AvgIpc) is 3.21. The topological polar surface area (TPSA) is 37.4 Å². The van der Waals surface area contributed by atoms with Crippen LogP contribution >= 0.6 is 11.6 Å². The fraction of sp³-hybridized carbons (Fsp3) is 0.688. The van der Waals surface area contributed by atoms with Gasteiger partial charge in [-0.2, -0.15) is 0 Å². The lowest BCUT2D eigenvalue weighted by Crippen LogP contribution is -2.49. The second kappa shape index (κ2) is 5.75. The van der Waals surface area contributed by atoms with Crippen LogP contribution in [0.4, 0.5) is 5.82 Å². The highest BCUT2D eigenvalue weighted by Crippen LogP contribution is 2.33. The van der Waals surface area contributed by atoms with E-state index in [4.69, 9.17) is 16.3 Å². The van der Waals surface area contributed by atoms with Gasteiger partial charge in [-0.25, -0.2) is 4.98 Å². The summed E-state index contributed by atoms with van der Waals surface area (Å²) in [6.07, 6.45) is 8.45. The lowest BCUT2D eigenvalue weighted by molar-refractivity contribution is 0.0253. The molecule has 0 aromatic carbocycles. The first-order chi connectivity index (χ1) is 10.3. The summed E-state index contributed by atoms with van der Waals surface area (Å²) >= 11 is 6.30. The van der Waals surface area contributed by atoms with Crippen LogP contribution in [0, 0.1) is 0 Å². The van der Waals surface area contributed by atoms with Crippen LogP contribution in [-0.4, -0.2) is 36.3 Å². The normalized spacial score (nSPS) is 28.7. The number of halogens is 1. The van der Waals surface area contributed by atoms with E-state index in [2.05, 4.69) is 21.3 Å². The van der Waals surface area contributed by atoms with Crippen molar-refractivity contribution in [3.63, 3.8) is 0 Å². The number of rotatable bonds is 4.